The highest BCUT2D eigenvalue weighted by Crippen LogP contribution is 2.20. The van der Waals surface area contributed by atoms with Gasteiger partial charge in [-0.3, -0.25) is 5.10 Å². The summed E-state index contributed by atoms with van der Waals surface area (Å²) < 4.78 is 0. The molecule has 1 aromatic carbocycles. The van der Waals surface area contributed by atoms with Crippen molar-refractivity contribution in [3.8, 4) is 0 Å². The van der Waals surface area contributed by atoms with Crippen LogP contribution in [0.1, 0.15) is 22.4 Å². The van der Waals surface area contributed by atoms with Gasteiger partial charge in [0, 0.05) is 30.5 Å². The lowest BCUT2D eigenvalue weighted by Gasteiger charge is -2.23. The Bertz CT molecular complexity index is 779. The average Bonchev–Trinajstić information content (AvgIpc) is 3.14. The van der Waals surface area contributed by atoms with Crippen LogP contribution in [-0.2, 0) is 12.8 Å². The van der Waals surface area contributed by atoms with Crippen LogP contribution in [0.5, 0.6) is 0 Å². The van der Waals surface area contributed by atoms with Crippen LogP contribution in [0.25, 0.3) is 0 Å². The SMILES string of the molecule is Cc1nc(N(CCc2ccccc2)CCc2cn[nH]c2)nc(Cl)c1C. The predicted molar refractivity (Wildman–Crippen MR) is 101 cm³/mol. The lowest BCUT2D eigenvalue weighted by atomic mass is 10.1. The zero-order valence-electron chi connectivity index (χ0n) is 14.5. The zero-order chi connectivity index (χ0) is 17.6. The molecule has 2 aromatic heterocycles. The van der Waals surface area contributed by atoms with Crippen molar-refractivity contribution in [1.82, 2.24) is 20.2 Å². The molecule has 0 aliphatic rings. The number of rotatable bonds is 7. The van der Waals surface area contributed by atoms with E-state index in [1.165, 1.54) is 11.1 Å². The van der Waals surface area contributed by atoms with Crippen LogP contribution in [-0.4, -0.2) is 33.3 Å². The Hall–Kier alpha value is -2.40. The maximum absolute atomic E-state index is 6.29. The summed E-state index contributed by atoms with van der Waals surface area (Å²) in [6.45, 7) is 5.56. The Balaban J connectivity index is 1.77. The van der Waals surface area contributed by atoms with E-state index in [9.17, 15) is 0 Å². The number of halogens is 1. The van der Waals surface area contributed by atoms with E-state index in [-0.39, 0.29) is 0 Å². The van der Waals surface area contributed by atoms with Crippen molar-refractivity contribution in [3.05, 3.63) is 70.3 Å². The van der Waals surface area contributed by atoms with Crippen molar-refractivity contribution < 1.29 is 0 Å². The minimum atomic E-state index is 0.524. The van der Waals surface area contributed by atoms with E-state index in [0.717, 1.165) is 37.2 Å². The molecule has 0 atom stereocenters. The van der Waals surface area contributed by atoms with E-state index in [0.29, 0.717) is 11.1 Å². The molecule has 1 N–H and O–H groups in total. The van der Waals surface area contributed by atoms with E-state index < -0.39 is 0 Å². The number of aromatic nitrogens is 4. The first-order valence-corrected chi connectivity index (χ1v) is 8.78. The van der Waals surface area contributed by atoms with E-state index in [1.54, 1.807) is 0 Å². The largest absolute Gasteiger partial charge is 0.340 e. The number of hydrogen-bond donors (Lipinski definition) is 1. The van der Waals surface area contributed by atoms with Gasteiger partial charge in [-0.25, -0.2) is 9.97 Å². The van der Waals surface area contributed by atoms with Gasteiger partial charge in [0.15, 0.2) is 0 Å². The van der Waals surface area contributed by atoms with E-state index in [4.69, 9.17) is 11.6 Å². The van der Waals surface area contributed by atoms with E-state index in [2.05, 4.69) is 49.3 Å². The van der Waals surface area contributed by atoms with Gasteiger partial charge in [-0.1, -0.05) is 41.9 Å². The Labute approximate surface area is 153 Å². The molecule has 0 saturated carbocycles. The molecule has 2 heterocycles. The van der Waals surface area contributed by atoms with Gasteiger partial charge >= 0.3 is 0 Å². The Kier molecular flexibility index (Phi) is 5.66. The molecular weight excluding hydrogens is 334 g/mol. The third kappa shape index (κ3) is 4.57. The van der Waals surface area contributed by atoms with Crippen LogP contribution < -0.4 is 4.90 Å². The van der Waals surface area contributed by atoms with Crippen LogP contribution in [0.4, 0.5) is 5.95 Å². The third-order valence-electron chi connectivity index (χ3n) is 4.34. The summed E-state index contributed by atoms with van der Waals surface area (Å²) in [4.78, 5) is 11.3. The summed E-state index contributed by atoms with van der Waals surface area (Å²) in [7, 11) is 0. The van der Waals surface area contributed by atoms with Crippen molar-refractivity contribution >= 4 is 17.5 Å². The molecule has 6 heteroatoms. The van der Waals surface area contributed by atoms with Crippen LogP contribution in [0.15, 0.2) is 42.7 Å². The molecule has 0 bridgehead atoms. The number of H-pyrrole nitrogens is 1. The molecule has 0 aliphatic carbocycles. The van der Waals surface area contributed by atoms with Gasteiger partial charge in [0.2, 0.25) is 5.95 Å². The van der Waals surface area contributed by atoms with Crippen molar-refractivity contribution in [2.24, 2.45) is 0 Å². The Morgan fingerprint density at radius 2 is 1.72 bits per heavy atom. The van der Waals surface area contributed by atoms with Crippen molar-refractivity contribution in [1.29, 1.82) is 0 Å². The third-order valence-corrected chi connectivity index (χ3v) is 4.71. The summed E-state index contributed by atoms with van der Waals surface area (Å²) in [5.74, 6) is 0.688. The molecule has 0 fully saturated rings. The smallest absolute Gasteiger partial charge is 0.227 e. The highest BCUT2D eigenvalue weighted by atomic mass is 35.5. The first-order chi connectivity index (χ1) is 12.1. The molecule has 0 unspecified atom stereocenters. The minimum absolute atomic E-state index is 0.524. The first kappa shape index (κ1) is 17.4. The second-order valence-corrected chi connectivity index (χ2v) is 6.46. The molecule has 3 aromatic rings. The van der Waals surface area contributed by atoms with Gasteiger partial charge in [-0.15, -0.1) is 0 Å². The molecule has 25 heavy (non-hydrogen) atoms. The lowest BCUT2D eigenvalue weighted by Crippen LogP contribution is -2.30. The predicted octanol–water partition coefficient (Wildman–Crippen LogP) is 3.76. The summed E-state index contributed by atoms with van der Waals surface area (Å²) in [5, 5.41) is 7.39. The number of aryl methyl sites for hydroxylation is 1. The monoisotopic (exact) mass is 355 g/mol. The number of nitrogens with zero attached hydrogens (tertiary/aromatic N) is 4. The normalized spacial score (nSPS) is 10.8. The van der Waals surface area contributed by atoms with Gasteiger partial charge in [-0.2, -0.15) is 5.10 Å². The van der Waals surface area contributed by atoms with Crippen molar-refractivity contribution in [2.75, 3.05) is 18.0 Å². The highest BCUT2D eigenvalue weighted by Gasteiger charge is 2.14. The topological polar surface area (TPSA) is 57.7 Å². The summed E-state index contributed by atoms with van der Waals surface area (Å²) in [5.41, 5.74) is 4.32. The average molecular weight is 356 g/mol. The molecule has 0 radical (unpaired) electrons. The van der Waals surface area contributed by atoms with E-state index in [1.807, 2.05) is 32.3 Å². The van der Waals surface area contributed by atoms with Gasteiger partial charge in [0.05, 0.1) is 6.20 Å². The summed E-state index contributed by atoms with van der Waals surface area (Å²) in [6, 6.07) is 10.4. The first-order valence-electron chi connectivity index (χ1n) is 8.41. The van der Waals surface area contributed by atoms with Crippen molar-refractivity contribution in [3.63, 3.8) is 0 Å². The molecule has 0 saturated heterocycles. The van der Waals surface area contributed by atoms with Gasteiger partial charge in [-0.05, 0) is 37.8 Å². The zero-order valence-corrected chi connectivity index (χ0v) is 15.3. The fourth-order valence-electron chi connectivity index (χ4n) is 2.62. The second-order valence-electron chi connectivity index (χ2n) is 6.10. The lowest BCUT2D eigenvalue weighted by molar-refractivity contribution is 0.738. The van der Waals surface area contributed by atoms with Crippen molar-refractivity contribution in [2.45, 2.75) is 26.7 Å². The van der Waals surface area contributed by atoms with Gasteiger partial charge in [0.25, 0.3) is 0 Å². The van der Waals surface area contributed by atoms with Gasteiger partial charge < -0.3 is 4.90 Å². The second kappa shape index (κ2) is 8.12. The summed E-state index contributed by atoms with van der Waals surface area (Å²) in [6.07, 6.45) is 5.58. The fourth-order valence-corrected chi connectivity index (χ4v) is 2.83. The van der Waals surface area contributed by atoms with Crippen LogP contribution in [0.3, 0.4) is 0 Å². The maximum atomic E-state index is 6.29. The Morgan fingerprint density at radius 3 is 2.36 bits per heavy atom. The molecular formula is C19H22ClN5. The molecule has 130 valence electrons. The van der Waals surface area contributed by atoms with Crippen LogP contribution in [0.2, 0.25) is 5.15 Å². The quantitative estimate of drug-likeness (QED) is 0.655. The minimum Gasteiger partial charge on any atom is -0.340 e. The van der Waals surface area contributed by atoms with Gasteiger partial charge in [0.1, 0.15) is 5.15 Å². The standard InChI is InChI=1S/C19H22ClN5/c1-14-15(2)23-19(24-18(14)20)25(11-9-17-12-21-22-13-17)10-8-16-6-4-3-5-7-16/h3-7,12-13H,8-11H2,1-2H3,(H,21,22). The molecule has 3 rings (SSSR count). The number of hydrogen-bond acceptors (Lipinski definition) is 4. The molecule has 0 aliphatic heterocycles. The number of benzene rings is 1. The maximum Gasteiger partial charge on any atom is 0.227 e. The fraction of sp³-hybridized carbons (Fsp3) is 0.316. The number of nitrogens with one attached hydrogen (secondary N) is 1. The number of aromatic amines is 1. The molecule has 5 nitrogen and oxygen atoms in total. The number of anilines is 1. The van der Waals surface area contributed by atoms with E-state index >= 15 is 0 Å². The van der Waals surface area contributed by atoms with Crippen LogP contribution in [0, 0.1) is 13.8 Å². The highest BCUT2D eigenvalue weighted by molar-refractivity contribution is 6.30. The van der Waals surface area contributed by atoms with Crippen LogP contribution >= 0.6 is 11.6 Å². The summed E-state index contributed by atoms with van der Waals surface area (Å²) >= 11 is 6.29. The molecule has 0 spiro atoms. The Morgan fingerprint density at radius 1 is 1.00 bits per heavy atom. The molecule has 0 amide bonds.